The molecule has 0 radical (unpaired) electrons. The summed E-state index contributed by atoms with van der Waals surface area (Å²) in [6.07, 6.45) is 2.04. The Morgan fingerprint density at radius 1 is 1.42 bits per heavy atom. The van der Waals surface area contributed by atoms with E-state index in [1.807, 2.05) is 31.7 Å². The normalized spacial score (nSPS) is 16.7. The largest absolute Gasteiger partial charge is 0.468 e. The standard InChI is InChI=1S/C15H18FNO2/c1-10-8-15(2,3)17(9-14(18)19-4)13-6-5-11(16)7-12(10)13/h5-8H,9H2,1-4H3. The molecule has 0 saturated carbocycles. The van der Waals surface area contributed by atoms with Gasteiger partial charge in [0.05, 0.1) is 12.6 Å². The van der Waals surface area contributed by atoms with Gasteiger partial charge in [-0.15, -0.1) is 0 Å². The minimum Gasteiger partial charge on any atom is -0.468 e. The molecule has 19 heavy (non-hydrogen) atoms. The van der Waals surface area contributed by atoms with Gasteiger partial charge < -0.3 is 9.64 Å². The maximum atomic E-state index is 13.4. The van der Waals surface area contributed by atoms with E-state index in [-0.39, 0.29) is 23.9 Å². The van der Waals surface area contributed by atoms with Crippen LogP contribution in [0.3, 0.4) is 0 Å². The molecular weight excluding hydrogens is 245 g/mol. The molecule has 0 unspecified atom stereocenters. The summed E-state index contributed by atoms with van der Waals surface area (Å²) in [5.41, 5.74) is 2.38. The highest BCUT2D eigenvalue weighted by atomic mass is 19.1. The number of halogens is 1. The van der Waals surface area contributed by atoms with Gasteiger partial charge in [0, 0.05) is 11.3 Å². The lowest BCUT2D eigenvalue weighted by Gasteiger charge is -2.42. The second-order valence-electron chi connectivity index (χ2n) is 5.30. The summed E-state index contributed by atoms with van der Waals surface area (Å²) in [5.74, 6) is -0.583. The van der Waals surface area contributed by atoms with Crippen LogP contribution in [0.2, 0.25) is 0 Å². The number of ether oxygens (including phenoxy) is 1. The van der Waals surface area contributed by atoms with E-state index in [0.717, 1.165) is 16.8 Å². The fourth-order valence-electron chi connectivity index (χ4n) is 2.54. The summed E-state index contributed by atoms with van der Waals surface area (Å²) in [4.78, 5) is 13.5. The van der Waals surface area contributed by atoms with Gasteiger partial charge in [-0.2, -0.15) is 0 Å². The first kappa shape index (κ1) is 13.6. The average Bonchev–Trinajstić information content (AvgIpc) is 2.34. The van der Waals surface area contributed by atoms with Gasteiger partial charge in [0.15, 0.2) is 0 Å². The number of methoxy groups -OCH3 is 1. The van der Waals surface area contributed by atoms with E-state index in [9.17, 15) is 9.18 Å². The summed E-state index contributed by atoms with van der Waals surface area (Å²) in [5, 5.41) is 0. The molecule has 0 atom stereocenters. The Balaban J connectivity index is 2.51. The van der Waals surface area contributed by atoms with E-state index < -0.39 is 0 Å². The third kappa shape index (κ3) is 2.48. The van der Waals surface area contributed by atoms with Gasteiger partial charge in [-0.25, -0.2) is 4.39 Å². The van der Waals surface area contributed by atoms with Gasteiger partial charge >= 0.3 is 5.97 Å². The second-order valence-corrected chi connectivity index (χ2v) is 5.30. The Labute approximate surface area is 112 Å². The summed E-state index contributed by atoms with van der Waals surface area (Å²) < 4.78 is 18.1. The van der Waals surface area contributed by atoms with Crippen LogP contribution in [0.25, 0.3) is 5.57 Å². The number of hydrogen-bond donors (Lipinski definition) is 0. The molecule has 102 valence electrons. The first-order valence-corrected chi connectivity index (χ1v) is 6.19. The quantitative estimate of drug-likeness (QED) is 0.768. The van der Waals surface area contributed by atoms with Crippen molar-refractivity contribution in [1.82, 2.24) is 0 Å². The molecule has 0 fully saturated rings. The van der Waals surface area contributed by atoms with Crippen molar-refractivity contribution >= 4 is 17.2 Å². The van der Waals surface area contributed by atoms with Gasteiger partial charge in [-0.05, 0) is 44.5 Å². The van der Waals surface area contributed by atoms with Crippen molar-refractivity contribution in [1.29, 1.82) is 0 Å². The fraction of sp³-hybridized carbons (Fsp3) is 0.400. The number of allylic oxidation sites excluding steroid dienone is 1. The predicted octanol–water partition coefficient (Wildman–Crippen LogP) is 3.00. The Morgan fingerprint density at radius 2 is 2.11 bits per heavy atom. The molecule has 0 aromatic heterocycles. The summed E-state index contributed by atoms with van der Waals surface area (Å²) >= 11 is 0. The monoisotopic (exact) mass is 263 g/mol. The number of rotatable bonds is 2. The minimum absolute atomic E-state index is 0.145. The van der Waals surface area contributed by atoms with Gasteiger partial charge in [-0.1, -0.05) is 6.08 Å². The first-order chi connectivity index (χ1) is 8.85. The number of esters is 1. The Bertz CT molecular complexity index is 549. The lowest BCUT2D eigenvalue weighted by atomic mass is 9.89. The number of fused-ring (bicyclic) bond motifs is 1. The third-order valence-electron chi connectivity index (χ3n) is 3.45. The lowest BCUT2D eigenvalue weighted by Crippen LogP contribution is -2.48. The number of hydrogen-bond acceptors (Lipinski definition) is 3. The van der Waals surface area contributed by atoms with Crippen molar-refractivity contribution in [2.45, 2.75) is 26.3 Å². The van der Waals surface area contributed by atoms with Gasteiger partial charge in [0.2, 0.25) is 0 Å². The van der Waals surface area contributed by atoms with Crippen molar-refractivity contribution < 1.29 is 13.9 Å². The Kier molecular flexibility index (Phi) is 3.35. The van der Waals surface area contributed by atoms with Crippen molar-refractivity contribution in [3.63, 3.8) is 0 Å². The molecule has 1 aromatic rings. The minimum atomic E-state index is -0.316. The number of anilines is 1. The molecule has 4 heteroatoms. The highest BCUT2D eigenvalue weighted by molar-refractivity contribution is 5.85. The maximum absolute atomic E-state index is 13.4. The van der Waals surface area contributed by atoms with E-state index in [4.69, 9.17) is 4.74 Å². The lowest BCUT2D eigenvalue weighted by molar-refractivity contribution is -0.139. The van der Waals surface area contributed by atoms with Gasteiger partial charge in [0.1, 0.15) is 12.4 Å². The smallest absolute Gasteiger partial charge is 0.325 e. The van der Waals surface area contributed by atoms with Crippen LogP contribution in [-0.2, 0) is 9.53 Å². The van der Waals surface area contributed by atoms with E-state index in [1.54, 1.807) is 6.07 Å². The van der Waals surface area contributed by atoms with Crippen molar-refractivity contribution in [3.8, 4) is 0 Å². The van der Waals surface area contributed by atoms with E-state index in [0.29, 0.717) is 0 Å². The van der Waals surface area contributed by atoms with Crippen LogP contribution >= 0.6 is 0 Å². The molecule has 1 heterocycles. The molecular formula is C15H18FNO2. The third-order valence-corrected chi connectivity index (χ3v) is 3.45. The van der Waals surface area contributed by atoms with E-state index >= 15 is 0 Å². The van der Waals surface area contributed by atoms with Crippen molar-refractivity contribution in [2.75, 3.05) is 18.6 Å². The SMILES string of the molecule is COC(=O)CN1c2ccc(F)cc2C(C)=CC1(C)C. The van der Waals surface area contributed by atoms with E-state index in [1.165, 1.54) is 19.2 Å². The zero-order valence-corrected chi connectivity index (χ0v) is 11.7. The molecule has 0 bridgehead atoms. The topological polar surface area (TPSA) is 29.5 Å². The zero-order valence-electron chi connectivity index (χ0n) is 11.7. The fourth-order valence-corrected chi connectivity index (χ4v) is 2.54. The van der Waals surface area contributed by atoms with Crippen LogP contribution in [0, 0.1) is 5.82 Å². The maximum Gasteiger partial charge on any atom is 0.325 e. The van der Waals surface area contributed by atoms with Gasteiger partial charge in [-0.3, -0.25) is 4.79 Å². The molecule has 1 aliphatic rings. The van der Waals surface area contributed by atoms with Crippen molar-refractivity contribution in [3.05, 3.63) is 35.7 Å². The average molecular weight is 263 g/mol. The Hall–Kier alpha value is -1.84. The molecule has 1 aliphatic heterocycles. The molecule has 1 aromatic carbocycles. The highest BCUT2D eigenvalue weighted by Crippen LogP contribution is 2.38. The van der Waals surface area contributed by atoms with E-state index in [2.05, 4.69) is 0 Å². The number of benzene rings is 1. The van der Waals surface area contributed by atoms with Crippen molar-refractivity contribution in [2.24, 2.45) is 0 Å². The second kappa shape index (κ2) is 4.68. The molecule has 0 spiro atoms. The van der Waals surface area contributed by atoms with Crippen LogP contribution in [0.5, 0.6) is 0 Å². The van der Waals surface area contributed by atoms with Gasteiger partial charge in [0.25, 0.3) is 0 Å². The molecule has 0 aliphatic carbocycles. The summed E-state index contributed by atoms with van der Waals surface area (Å²) in [6, 6.07) is 4.63. The predicted molar refractivity (Wildman–Crippen MR) is 73.5 cm³/mol. The molecule has 0 N–H and O–H groups in total. The van der Waals surface area contributed by atoms with Crippen LogP contribution in [0.4, 0.5) is 10.1 Å². The summed E-state index contributed by atoms with van der Waals surface area (Å²) in [7, 11) is 1.37. The molecule has 2 rings (SSSR count). The molecule has 0 amide bonds. The molecule has 0 saturated heterocycles. The Morgan fingerprint density at radius 3 is 2.74 bits per heavy atom. The number of carbonyl (C=O) groups is 1. The summed E-state index contributed by atoms with van der Waals surface area (Å²) in [6.45, 7) is 6.14. The van der Waals surface area contributed by atoms with Crippen LogP contribution in [0.15, 0.2) is 24.3 Å². The van der Waals surface area contributed by atoms with Crippen LogP contribution < -0.4 is 4.90 Å². The highest BCUT2D eigenvalue weighted by Gasteiger charge is 2.32. The number of nitrogens with zero attached hydrogens (tertiary/aromatic N) is 1. The first-order valence-electron chi connectivity index (χ1n) is 6.19. The number of carbonyl (C=O) groups excluding carboxylic acids is 1. The molecule has 3 nitrogen and oxygen atoms in total. The van der Waals surface area contributed by atoms with Crippen LogP contribution in [0.1, 0.15) is 26.3 Å². The zero-order chi connectivity index (χ0) is 14.2. The van der Waals surface area contributed by atoms with Crippen LogP contribution in [-0.4, -0.2) is 25.2 Å².